The van der Waals surface area contributed by atoms with Gasteiger partial charge in [-0.05, 0) is 46.8 Å². The summed E-state index contributed by atoms with van der Waals surface area (Å²) in [6.07, 6.45) is 4.02. The Morgan fingerprint density at radius 2 is 2.18 bits per heavy atom. The normalized spacial score (nSPS) is 20.0. The van der Waals surface area contributed by atoms with Crippen LogP contribution in [0, 0.1) is 5.92 Å². The summed E-state index contributed by atoms with van der Waals surface area (Å²) in [5, 5.41) is 3.36. The maximum atomic E-state index is 12.0. The number of aliphatic imine (C=N–C) groups is 1. The second-order valence-corrected chi connectivity index (χ2v) is 7.68. The molecule has 5 nitrogen and oxygen atoms in total. The molecule has 1 fully saturated rings. The van der Waals surface area contributed by atoms with Crippen molar-refractivity contribution < 1.29 is 9.53 Å². The summed E-state index contributed by atoms with van der Waals surface area (Å²) in [7, 11) is 0. The number of carbonyl (C=O) groups excluding carboxylic acids is 1. The van der Waals surface area contributed by atoms with Crippen LogP contribution >= 0.6 is 11.8 Å². The minimum Gasteiger partial charge on any atom is -0.466 e. The third kappa shape index (κ3) is 6.07. The Morgan fingerprint density at radius 3 is 2.77 bits per heavy atom. The summed E-state index contributed by atoms with van der Waals surface area (Å²) >= 11 is 1.82. The first-order chi connectivity index (χ1) is 10.4. The third-order valence-corrected chi connectivity index (χ3v) is 5.07. The predicted octanol–water partition coefficient (Wildman–Crippen LogP) is 2.37. The monoisotopic (exact) mass is 329 g/mol. The van der Waals surface area contributed by atoms with E-state index in [0.29, 0.717) is 13.2 Å². The van der Waals surface area contributed by atoms with Gasteiger partial charge in [0.1, 0.15) is 0 Å². The average molecular weight is 330 g/mol. The van der Waals surface area contributed by atoms with Gasteiger partial charge in [0.15, 0.2) is 5.96 Å². The molecule has 1 aliphatic heterocycles. The largest absolute Gasteiger partial charge is 0.466 e. The zero-order valence-corrected chi connectivity index (χ0v) is 15.5. The van der Waals surface area contributed by atoms with Crippen LogP contribution < -0.4 is 5.32 Å². The van der Waals surface area contributed by atoms with Crippen LogP contribution in [0.2, 0.25) is 0 Å². The second-order valence-electron chi connectivity index (χ2n) is 6.17. The summed E-state index contributed by atoms with van der Waals surface area (Å²) in [5.74, 6) is 0.803. The van der Waals surface area contributed by atoms with E-state index in [-0.39, 0.29) is 16.6 Å². The highest BCUT2D eigenvalue weighted by Gasteiger charge is 2.28. The number of rotatable bonds is 6. The first-order valence-corrected chi connectivity index (χ1v) is 9.41. The Labute approximate surface area is 139 Å². The SMILES string of the molecule is CCNC(=NCC(C)(C)SC)N1CCCC(C(=O)OCC)C1. The quantitative estimate of drug-likeness (QED) is 0.461. The van der Waals surface area contributed by atoms with E-state index in [9.17, 15) is 4.79 Å². The van der Waals surface area contributed by atoms with E-state index in [4.69, 9.17) is 9.73 Å². The maximum Gasteiger partial charge on any atom is 0.310 e. The Bertz CT molecular complexity index is 386. The number of carbonyl (C=O) groups is 1. The number of thioether (sulfide) groups is 1. The van der Waals surface area contributed by atoms with E-state index in [0.717, 1.165) is 38.4 Å². The summed E-state index contributed by atoms with van der Waals surface area (Å²) in [6.45, 7) is 12.0. The molecule has 0 bridgehead atoms. The predicted molar refractivity (Wildman–Crippen MR) is 94.5 cm³/mol. The molecule has 0 aromatic rings. The van der Waals surface area contributed by atoms with Gasteiger partial charge < -0.3 is 15.0 Å². The lowest BCUT2D eigenvalue weighted by Gasteiger charge is -2.34. The first-order valence-electron chi connectivity index (χ1n) is 8.18. The Hall–Kier alpha value is -0.910. The van der Waals surface area contributed by atoms with E-state index in [2.05, 4.69) is 37.2 Å². The van der Waals surface area contributed by atoms with Gasteiger partial charge in [-0.25, -0.2) is 0 Å². The number of hydrogen-bond acceptors (Lipinski definition) is 4. The standard InChI is InChI=1S/C16H31N3O2S/c1-6-17-15(18-12-16(3,4)22-5)19-10-8-9-13(11-19)14(20)21-7-2/h13H,6-12H2,1-5H3,(H,17,18). The van der Waals surface area contributed by atoms with Crippen LogP contribution in [-0.2, 0) is 9.53 Å². The van der Waals surface area contributed by atoms with Crippen LogP contribution in [0.5, 0.6) is 0 Å². The summed E-state index contributed by atoms with van der Waals surface area (Å²) < 4.78 is 5.29. The highest BCUT2D eigenvalue weighted by Crippen LogP contribution is 2.22. The van der Waals surface area contributed by atoms with Gasteiger partial charge in [-0.2, -0.15) is 11.8 Å². The van der Waals surface area contributed by atoms with Gasteiger partial charge in [-0.1, -0.05) is 0 Å². The van der Waals surface area contributed by atoms with Crippen molar-refractivity contribution in [1.29, 1.82) is 0 Å². The van der Waals surface area contributed by atoms with Crippen LogP contribution in [0.25, 0.3) is 0 Å². The first kappa shape index (κ1) is 19.1. The molecule has 0 radical (unpaired) electrons. The number of ether oxygens (including phenoxy) is 1. The van der Waals surface area contributed by atoms with E-state index in [1.54, 1.807) is 0 Å². The van der Waals surface area contributed by atoms with Gasteiger partial charge in [-0.15, -0.1) is 0 Å². The summed E-state index contributed by atoms with van der Waals surface area (Å²) in [4.78, 5) is 19.0. The molecule has 1 atom stereocenters. The number of nitrogens with one attached hydrogen (secondary N) is 1. The molecule has 0 amide bonds. The topological polar surface area (TPSA) is 53.9 Å². The second kappa shape index (κ2) is 9.28. The Morgan fingerprint density at radius 1 is 1.45 bits per heavy atom. The maximum absolute atomic E-state index is 12.0. The molecule has 1 heterocycles. The molecule has 0 spiro atoms. The van der Waals surface area contributed by atoms with E-state index in [1.807, 2.05) is 18.7 Å². The molecule has 1 rings (SSSR count). The van der Waals surface area contributed by atoms with E-state index >= 15 is 0 Å². The molecule has 0 aromatic carbocycles. The van der Waals surface area contributed by atoms with Crippen molar-refractivity contribution in [2.24, 2.45) is 10.9 Å². The lowest BCUT2D eigenvalue weighted by molar-refractivity contribution is -0.149. The lowest BCUT2D eigenvalue weighted by Crippen LogP contribution is -2.48. The molecule has 0 aliphatic carbocycles. The minimum atomic E-state index is -0.0764. The molecule has 22 heavy (non-hydrogen) atoms. The molecule has 1 N–H and O–H groups in total. The van der Waals surface area contributed by atoms with Crippen molar-refractivity contribution in [2.45, 2.75) is 45.3 Å². The number of hydrogen-bond donors (Lipinski definition) is 1. The molecule has 1 saturated heterocycles. The minimum absolute atomic E-state index is 0.0360. The van der Waals surface area contributed by atoms with Crippen LogP contribution in [0.1, 0.15) is 40.5 Å². The van der Waals surface area contributed by atoms with Gasteiger partial charge >= 0.3 is 5.97 Å². The molecule has 6 heteroatoms. The van der Waals surface area contributed by atoms with Gasteiger partial charge in [0.25, 0.3) is 0 Å². The number of piperidine rings is 1. The highest BCUT2D eigenvalue weighted by atomic mass is 32.2. The molecule has 128 valence electrons. The fourth-order valence-electron chi connectivity index (χ4n) is 2.38. The zero-order valence-electron chi connectivity index (χ0n) is 14.6. The van der Waals surface area contributed by atoms with Gasteiger partial charge in [-0.3, -0.25) is 9.79 Å². The number of esters is 1. The number of guanidine groups is 1. The number of nitrogens with zero attached hydrogens (tertiary/aromatic N) is 2. The van der Waals surface area contributed by atoms with Crippen LogP contribution in [0.4, 0.5) is 0 Å². The van der Waals surface area contributed by atoms with Gasteiger partial charge in [0.2, 0.25) is 0 Å². The van der Waals surface area contributed by atoms with Crippen LogP contribution in [-0.4, -0.2) is 60.6 Å². The van der Waals surface area contributed by atoms with Gasteiger partial charge in [0.05, 0.1) is 19.1 Å². The Kier molecular flexibility index (Phi) is 8.07. The average Bonchev–Trinajstić information content (AvgIpc) is 2.52. The van der Waals surface area contributed by atoms with Crippen molar-refractivity contribution >= 4 is 23.7 Å². The molecule has 0 aromatic heterocycles. The van der Waals surface area contributed by atoms with Crippen molar-refractivity contribution in [3.63, 3.8) is 0 Å². The summed E-state index contributed by atoms with van der Waals surface area (Å²) in [6, 6.07) is 0. The molecule has 1 aliphatic rings. The molecular weight excluding hydrogens is 298 g/mol. The highest BCUT2D eigenvalue weighted by molar-refractivity contribution is 7.99. The van der Waals surface area contributed by atoms with E-state index in [1.165, 1.54) is 0 Å². The van der Waals surface area contributed by atoms with Crippen molar-refractivity contribution in [2.75, 3.05) is 39.0 Å². The van der Waals surface area contributed by atoms with Crippen LogP contribution in [0.3, 0.4) is 0 Å². The smallest absolute Gasteiger partial charge is 0.310 e. The molecular formula is C16H31N3O2S. The third-order valence-electron chi connectivity index (χ3n) is 3.84. The van der Waals surface area contributed by atoms with E-state index < -0.39 is 0 Å². The van der Waals surface area contributed by atoms with Crippen LogP contribution in [0.15, 0.2) is 4.99 Å². The molecule has 0 saturated carbocycles. The lowest BCUT2D eigenvalue weighted by atomic mass is 9.98. The van der Waals surface area contributed by atoms with Gasteiger partial charge in [0, 0.05) is 24.4 Å². The Balaban J connectivity index is 2.73. The zero-order chi connectivity index (χ0) is 16.6. The van der Waals surface area contributed by atoms with Crippen molar-refractivity contribution in [3.05, 3.63) is 0 Å². The molecule has 1 unspecified atom stereocenters. The fourth-order valence-corrected chi connectivity index (χ4v) is 2.57. The summed E-state index contributed by atoms with van der Waals surface area (Å²) in [5.41, 5.74) is 0. The van der Waals surface area contributed by atoms with Crippen molar-refractivity contribution in [1.82, 2.24) is 10.2 Å². The number of likely N-dealkylation sites (tertiary alicyclic amines) is 1. The van der Waals surface area contributed by atoms with Crippen molar-refractivity contribution in [3.8, 4) is 0 Å². The fraction of sp³-hybridized carbons (Fsp3) is 0.875.